The van der Waals surface area contributed by atoms with Gasteiger partial charge in [-0.15, -0.1) is 0 Å². The summed E-state index contributed by atoms with van der Waals surface area (Å²) in [6.07, 6.45) is 1.86. The summed E-state index contributed by atoms with van der Waals surface area (Å²) >= 11 is 0. The van der Waals surface area contributed by atoms with Crippen LogP contribution < -0.4 is 5.73 Å². The molecule has 23 heavy (non-hydrogen) atoms. The average Bonchev–Trinajstić information content (AvgIpc) is 2.52. The highest BCUT2D eigenvalue weighted by molar-refractivity contribution is 6.20. The Morgan fingerprint density at radius 2 is 1.74 bits per heavy atom. The van der Waals surface area contributed by atoms with Gasteiger partial charge >= 0.3 is 0 Å². The van der Waals surface area contributed by atoms with E-state index in [9.17, 15) is 4.39 Å². The van der Waals surface area contributed by atoms with Crippen molar-refractivity contribution < 1.29 is 4.39 Å². The zero-order valence-electron chi connectivity index (χ0n) is 13.7. The van der Waals surface area contributed by atoms with E-state index in [0.717, 1.165) is 33.5 Å². The van der Waals surface area contributed by atoms with Crippen molar-refractivity contribution in [1.82, 2.24) is 0 Å². The van der Waals surface area contributed by atoms with Gasteiger partial charge in [0.25, 0.3) is 0 Å². The summed E-state index contributed by atoms with van der Waals surface area (Å²) in [6, 6.07) is 9.96. The van der Waals surface area contributed by atoms with Crippen LogP contribution in [0.2, 0.25) is 0 Å². The summed E-state index contributed by atoms with van der Waals surface area (Å²) in [5, 5.41) is 8.57. The summed E-state index contributed by atoms with van der Waals surface area (Å²) in [6.45, 7) is 9.82. The van der Waals surface area contributed by atoms with Crippen LogP contribution in [0.3, 0.4) is 0 Å². The number of nitrogens with two attached hydrogens (primary N) is 1. The Hall–Kier alpha value is -2.68. The van der Waals surface area contributed by atoms with Crippen molar-refractivity contribution in [3.63, 3.8) is 0 Å². The Bertz CT molecular complexity index is 799. The smallest absolute Gasteiger partial charge is 0.123 e. The van der Waals surface area contributed by atoms with Crippen molar-refractivity contribution in [3.05, 3.63) is 82.7 Å². The minimum Gasteiger partial charge on any atom is -0.399 e. The van der Waals surface area contributed by atoms with Gasteiger partial charge in [-0.2, -0.15) is 0 Å². The van der Waals surface area contributed by atoms with Gasteiger partial charge in [-0.25, -0.2) is 4.39 Å². The van der Waals surface area contributed by atoms with E-state index in [1.54, 1.807) is 12.1 Å². The lowest BCUT2D eigenvalue weighted by Crippen LogP contribution is -2.08. The largest absolute Gasteiger partial charge is 0.399 e. The Morgan fingerprint density at radius 1 is 1.13 bits per heavy atom. The standard InChI is InChI=1S/C20H21FN2/c1-5-17(14(4)15-6-8-16(21)9-7-15)20(23)18-10-13(3)19(22)11-12(18)2/h5-11,23H,4,22H2,1-3H3/b17-5-,23-20?. The second-order valence-corrected chi connectivity index (χ2v) is 5.59. The molecule has 0 bridgehead atoms. The molecule has 0 fully saturated rings. The van der Waals surface area contributed by atoms with Gasteiger partial charge in [0.2, 0.25) is 0 Å². The molecule has 0 aliphatic carbocycles. The molecule has 0 unspecified atom stereocenters. The summed E-state index contributed by atoms with van der Waals surface area (Å²) in [5.41, 5.74) is 12.0. The summed E-state index contributed by atoms with van der Waals surface area (Å²) < 4.78 is 13.1. The number of benzene rings is 2. The van der Waals surface area contributed by atoms with Gasteiger partial charge in [0, 0.05) is 16.8 Å². The zero-order chi connectivity index (χ0) is 17.1. The van der Waals surface area contributed by atoms with Crippen LogP contribution in [0.4, 0.5) is 10.1 Å². The first kappa shape index (κ1) is 16.7. The van der Waals surface area contributed by atoms with Crippen LogP contribution in [-0.2, 0) is 0 Å². The van der Waals surface area contributed by atoms with Gasteiger partial charge < -0.3 is 5.73 Å². The highest BCUT2D eigenvalue weighted by atomic mass is 19.1. The molecule has 0 heterocycles. The lowest BCUT2D eigenvalue weighted by molar-refractivity contribution is 0.627. The number of aryl methyl sites for hydroxylation is 2. The third-order valence-corrected chi connectivity index (χ3v) is 3.96. The molecular weight excluding hydrogens is 287 g/mol. The average molecular weight is 308 g/mol. The fourth-order valence-corrected chi connectivity index (χ4v) is 2.53. The van der Waals surface area contributed by atoms with E-state index >= 15 is 0 Å². The van der Waals surface area contributed by atoms with E-state index in [0.29, 0.717) is 11.3 Å². The van der Waals surface area contributed by atoms with Gasteiger partial charge in [0.05, 0.1) is 5.71 Å². The van der Waals surface area contributed by atoms with Gasteiger partial charge in [0.1, 0.15) is 5.82 Å². The molecule has 0 amide bonds. The molecule has 3 N–H and O–H groups in total. The second-order valence-electron chi connectivity index (χ2n) is 5.59. The SMILES string of the molecule is C=C(/C(=C/C)C(=N)c1cc(C)c(N)cc1C)c1ccc(F)cc1. The van der Waals surface area contributed by atoms with Crippen LogP contribution in [0.15, 0.2) is 54.6 Å². The maximum Gasteiger partial charge on any atom is 0.123 e. The van der Waals surface area contributed by atoms with Gasteiger partial charge in [-0.1, -0.05) is 24.8 Å². The lowest BCUT2D eigenvalue weighted by atomic mass is 9.89. The topological polar surface area (TPSA) is 49.9 Å². The van der Waals surface area contributed by atoms with Crippen molar-refractivity contribution in [2.45, 2.75) is 20.8 Å². The van der Waals surface area contributed by atoms with Crippen LogP contribution in [0.1, 0.15) is 29.2 Å². The highest BCUT2D eigenvalue weighted by Crippen LogP contribution is 2.27. The highest BCUT2D eigenvalue weighted by Gasteiger charge is 2.15. The fourth-order valence-electron chi connectivity index (χ4n) is 2.53. The fraction of sp³-hybridized carbons (Fsp3) is 0.150. The van der Waals surface area contributed by atoms with Crippen molar-refractivity contribution in [3.8, 4) is 0 Å². The molecule has 0 aliphatic heterocycles. The molecule has 0 saturated carbocycles. The molecule has 0 spiro atoms. The van der Waals surface area contributed by atoms with Crippen LogP contribution in [0.5, 0.6) is 0 Å². The van der Waals surface area contributed by atoms with E-state index in [1.165, 1.54) is 12.1 Å². The third kappa shape index (κ3) is 3.39. The van der Waals surface area contributed by atoms with Crippen LogP contribution in [-0.4, -0.2) is 5.71 Å². The first-order valence-electron chi connectivity index (χ1n) is 7.42. The molecule has 2 aromatic rings. The third-order valence-electron chi connectivity index (χ3n) is 3.96. The first-order valence-corrected chi connectivity index (χ1v) is 7.42. The maximum atomic E-state index is 13.1. The van der Waals surface area contributed by atoms with Gasteiger partial charge in [-0.3, -0.25) is 5.41 Å². The predicted octanol–water partition coefficient (Wildman–Crippen LogP) is 5.05. The summed E-state index contributed by atoms with van der Waals surface area (Å²) in [5.74, 6) is -0.288. The van der Waals surface area contributed by atoms with Crippen LogP contribution >= 0.6 is 0 Å². The minimum absolute atomic E-state index is 0.288. The van der Waals surface area contributed by atoms with E-state index in [4.69, 9.17) is 11.1 Å². The van der Waals surface area contributed by atoms with E-state index in [1.807, 2.05) is 39.0 Å². The normalized spacial score (nSPS) is 11.4. The number of hydrogen-bond acceptors (Lipinski definition) is 2. The molecule has 0 aliphatic rings. The second kappa shape index (κ2) is 6.61. The lowest BCUT2D eigenvalue weighted by Gasteiger charge is -2.16. The van der Waals surface area contributed by atoms with Gasteiger partial charge in [-0.05, 0) is 67.3 Å². The molecule has 3 heteroatoms. The molecule has 0 saturated heterocycles. The van der Waals surface area contributed by atoms with Crippen molar-refractivity contribution in [2.24, 2.45) is 0 Å². The number of nitrogens with one attached hydrogen (secondary N) is 1. The van der Waals surface area contributed by atoms with E-state index in [2.05, 4.69) is 6.58 Å². The molecule has 2 aromatic carbocycles. The van der Waals surface area contributed by atoms with Crippen LogP contribution in [0.25, 0.3) is 5.57 Å². The molecule has 2 nitrogen and oxygen atoms in total. The number of hydrogen-bond donors (Lipinski definition) is 2. The summed E-state index contributed by atoms with van der Waals surface area (Å²) in [4.78, 5) is 0. The predicted molar refractivity (Wildman–Crippen MR) is 96.3 cm³/mol. The molecule has 118 valence electrons. The number of nitrogen functional groups attached to an aromatic ring is 1. The van der Waals surface area contributed by atoms with Crippen molar-refractivity contribution in [1.29, 1.82) is 5.41 Å². The maximum absolute atomic E-state index is 13.1. The Kier molecular flexibility index (Phi) is 4.80. The van der Waals surface area contributed by atoms with E-state index in [-0.39, 0.29) is 5.82 Å². The summed E-state index contributed by atoms with van der Waals surface area (Å²) in [7, 11) is 0. The monoisotopic (exact) mass is 308 g/mol. The van der Waals surface area contributed by atoms with Crippen molar-refractivity contribution in [2.75, 3.05) is 5.73 Å². The quantitative estimate of drug-likeness (QED) is 0.463. The number of anilines is 1. The Labute approximate surface area is 136 Å². The number of allylic oxidation sites excluding steroid dienone is 3. The number of halogens is 1. The molecule has 2 rings (SSSR count). The minimum atomic E-state index is -0.288. The van der Waals surface area contributed by atoms with Gasteiger partial charge in [0.15, 0.2) is 0 Å². The first-order chi connectivity index (χ1) is 10.8. The molecule has 0 atom stereocenters. The molecule has 0 aromatic heterocycles. The van der Waals surface area contributed by atoms with E-state index < -0.39 is 0 Å². The Balaban J connectivity index is 2.42. The van der Waals surface area contributed by atoms with Crippen molar-refractivity contribution >= 4 is 17.0 Å². The molecule has 0 radical (unpaired) electrons. The zero-order valence-corrected chi connectivity index (χ0v) is 13.7. The number of rotatable bonds is 4. The Morgan fingerprint density at radius 3 is 2.30 bits per heavy atom. The van der Waals surface area contributed by atoms with Crippen LogP contribution in [0, 0.1) is 25.1 Å². The molecular formula is C20H21FN2.